The second-order valence-corrected chi connectivity index (χ2v) is 6.19. The highest BCUT2D eigenvalue weighted by Gasteiger charge is 2.24. The third-order valence-electron chi connectivity index (χ3n) is 4.24. The first-order chi connectivity index (χ1) is 12.1. The first-order valence-electron chi connectivity index (χ1n) is 7.73. The first kappa shape index (κ1) is 15.7. The van der Waals surface area contributed by atoms with Gasteiger partial charge in [-0.1, -0.05) is 23.7 Å². The van der Waals surface area contributed by atoms with Crippen LogP contribution < -0.4 is 0 Å². The Balaban J connectivity index is 2.04. The number of imidazole rings is 1. The molecule has 0 saturated carbocycles. The minimum atomic E-state index is -0.362. The van der Waals surface area contributed by atoms with Crippen LogP contribution in [-0.4, -0.2) is 21.5 Å². The van der Waals surface area contributed by atoms with Gasteiger partial charge in [0.05, 0.1) is 23.6 Å². The second-order valence-electron chi connectivity index (χ2n) is 5.76. The lowest BCUT2D eigenvalue weighted by atomic mass is 10.00. The van der Waals surface area contributed by atoms with Crippen molar-refractivity contribution in [2.24, 2.45) is 4.99 Å². The number of hydrogen-bond acceptors (Lipinski definition) is 3. The first-order valence-corrected chi connectivity index (χ1v) is 8.11. The number of aryl methyl sites for hydroxylation is 1. The maximum absolute atomic E-state index is 14.4. The van der Waals surface area contributed by atoms with E-state index in [-0.39, 0.29) is 12.4 Å². The van der Waals surface area contributed by atoms with Gasteiger partial charge in [0, 0.05) is 16.1 Å². The van der Waals surface area contributed by atoms with E-state index >= 15 is 0 Å². The van der Waals surface area contributed by atoms with Gasteiger partial charge in [0.15, 0.2) is 6.29 Å². The van der Waals surface area contributed by atoms with E-state index in [1.54, 1.807) is 47.9 Å². The number of carbonyl (C=O) groups excluding carboxylic acids is 1. The maximum Gasteiger partial charge on any atom is 0.168 e. The average Bonchev–Trinajstić information content (AvgIpc) is 2.84. The normalized spacial score (nSPS) is 12.8. The van der Waals surface area contributed by atoms with Crippen LogP contribution in [0.4, 0.5) is 4.39 Å². The fourth-order valence-electron chi connectivity index (χ4n) is 3.13. The summed E-state index contributed by atoms with van der Waals surface area (Å²) in [6.45, 7) is 2.02. The summed E-state index contributed by atoms with van der Waals surface area (Å²) in [5, 5.41) is 0.510. The topological polar surface area (TPSA) is 47.2 Å². The van der Waals surface area contributed by atoms with Crippen LogP contribution in [0.5, 0.6) is 0 Å². The Hall–Kier alpha value is -2.79. The highest BCUT2D eigenvalue weighted by atomic mass is 35.5. The van der Waals surface area contributed by atoms with Crippen LogP contribution in [0.1, 0.15) is 33.1 Å². The summed E-state index contributed by atoms with van der Waals surface area (Å²) >= 11 is 6.19. The number of fused-ring (bicyclic) bond motifs is 3. The Bertz CT molecular complexity index is 1040. The van der Waals surface area contributed by atoms with Gasteiger partial charge < -0.3 is 0 Å². The monoisotopic (exact) mass is 353 g/mol. The molecule has 0 bridgehead atoms. The molecule has 0 spiro atoms. The molecule has 0 saturated heterocycles. The molecule has 0 radical (unpaired) electrons. The fourth-order valence-corrected chi connectivity index (χ4v) is 3.30. The number of aliphatic imine (C=N–C) groups is 1. The zero-order valence-corrected chi connectivity index (χ0v) is 14.1. The lowest BCUT2D eigenvalue weighted by molar-refractivity contribution is 0.111. The summed E-state index contributed by atoms with van der Waals surface area (Å²) in [5.74, 6) is 0.271. The molecule has 0 fully saturated rings. The van der Waals surface area contributed by atoms with Crippen LogP contribution in [0.3, 0.4) is 0 Å². The Morgan fingerprint density at radius 3 is 2.76 bits per heavy atom. The standard InChI is InChI=1S/C19H13ClFN3O/c1-11-17(10-25)24-16-7-6-12(20)8-14(16)19(22-9-18(24)23-11)13-4-2-3-5-15(13)21/h2-8,10H,9H2,1H3. The van der Waals surface area contributed by atoms with E-state index in [2.05, 4.69) is 9.98 Å². The van der Waals surface area contributed by atoms with E-state index in [0.717, 1.165) is 6.29 Å². The van der Waals surface area contributed by atoms with Gasteiger partial charge in [-0.05, 0) is 37.3 Å². The van der Waals surface area contributed by atoms with Crippen LogP contribution in [0, 0.1) is 12.7 Å². The molecule has 0 aliphatic carbocycles. The van der Waals surface area contributed by atoms with Gasteiger partial charge in [0.2, 0.25) is 0 Å². The molecule has 3 aromatic rings. The summed E-state index contributed by atoms with van der Waals surface area (Å²) in [6, 6.07) is 11.7. The van der Waals surface area contributed by atoms with E-state index in [0.29, 0.717) is 44.8 Å². The molecule has 0 N–H and O–H groups in total. The maximum atomic E-state index is 14.4. The number of halogens is 2. The van der Waals surface area contributed by atoms with E-state index < -0.39 is 0 Å². The van der Waals surface area contributed by atoms with E-state index in [1.165, 1.54) is 6.07 Å². The van der Waals surface area contributed by atoms with Crippen LogP contribution in [0.25, 0.3) is 5.69 Å². The summed E-state index contributed by atoms with van der Waals surface area (Å²) in [5.41, 5.74) is 3.36. The largest absolute Gasteiger partial charge is 0.296 e. The molecule has 0 amide bonds. The van der Waals surface area contributed by atoms with Crippen molar-refractivity contribution < 1.29 is 9.18 Å². The summed E-state index contributed by atoms with van der Waals surface area (Å²) in [6.07, 6.45) is 0.776. The third-order valence-corrected chi connectivity index (χ3v) is 4.48. The molecule has 0 atom stereocenters. The number of aldehydes is 1. The summed E-state index contributed by atoms with van der Waals surface area (Å²) in [4.78, 5) is 20.6. The van der Waals surface area contributed by atoms with Gasteiger partial charge in [-0.25, -0.2) is 9.37 Å². The second kappa shape index (κ2) is 5.93. The smallest absolute Gasteiger partial charge is 0.168 e. The van der Waals surface area contributed by atoms with Crippen molar-refractivity contribution in [3.8, 4) is 5.69 Å². The molecule has 4 rings (SSSR count). The third kappa shape index (κ3) is 2.48. The molecule has 0 unspecified atom stereocenters. The average molecular weight is 354 g/mol. The molecular weight excluding hydrogens is 341 g/mol. The van der Waals surface area contributed by atoms with Crippen molar-refractivity contribution in [3.05, 3.63) is 81.6 Å². The predicted octanol–water partition coefficient (Wildman–Crippen LogP) is 4.14. The zero-order chi connectivity index (χ0) is 17.6. The van der Waals surface area contributed by atoms with Crippen molar-refractivity contribution in [2.45, 2.75) is 13.5 Å². The summed E-state index contributed by atoms with van der Waals surface area (Å²) < 4.78 is 16.1. The molecule has 2 heterocycles. The van der Waals surface area contributed by atoms with Gasteiger partial charge in [-0.2, -0.15) is 0 Å². The van der Waals surface area contributed by atoms with Gasteiger partial charge in [0.1, 0.15) is 17.3 Å². The molecule has 124 valence electrons. The van der Waals surface area contributed by atoms with Crippen molar-refractivity contribution in [1.29, 1.82) is 0 Å². The number of nitrogens with zero attached hydrogens (tertiary/aromatic N) is 3. The molecule has 25 heavy (non-hydrogen) atoms. The molecule has 1 aliphatic heterocycles. The van der Waals surface area contributed by atoms with Crippen molar-refractivity contribution in [1.82, 2.24) is 9.55 Å². The zero-order valence-electron chi connectivity index (χ0n) is 13.3. The SMILES string of the molecule is Cc1nc2n(c1C=O)-c1ccc(Cl)cc1C(c1ccccc1F)=NC2. The molecule has 2 aromatic carbocycles. The Labute approximate surface area is 148 Å². The van der Waals surface area contributed by atoms with Crippen LogP contribution in [0.15, 0.2) is 47.5 Å². The van der Waals surface area contributed by atoms with Gasteiger partial charge >= 0.3 is 0 Å². The molecule has 6 heteroatoms. The highest BCUT2D eigenvalue weighted by molar-refractivity contribution is 6.31. The van der Waals surface area contributed by atoms with Gasteiger partial charge in [-0.15, -0.1) is 0 Å². The lowest BCUT2D eigenvalue weighted by Gasteiger charge is -2.14. The quantitative estimate of drug-likeness (QED) is 0.650. The number of hydrogen-bond donors (Lipinski definition) is 0. The highest BCUT2D eigenvalue weighted by Crippen LogP contribution is 2.30. The number of carbonyl (C=O) groups is 1. The minimum Gasteiger partial charge on any atom is -0.296 e. The number of benzene rings is 2. The van der Waals surface area contributed by atoms with Crippen LogP contribution in [-0.2, 0) is 6.54 Å². The van der Waals surface area contributed by atoms with E-state index in [1.807, 2.05) is 0 Å². The minimum absolute atomic E-state index is 0.241. The van der Waals surface area contributed by atoms with Crippen LogP contribution >= 0.6 is 11.6 Å². The lowest BCUT2D eigenvalue weighted by Crippen LogP contribution is -2.10. The van der Waals surface area contributed by atoms with Crippen molar-refractivity contribution in [3.63, 3.8) is 0 Å². The molecular formula is C19H13ClFN3O. The Kier molecular flexibility index (Phi) is 3.73. The van der Waals surface area contributed by atoms with Crippen LogP contribution in [0.2, 0.25) is 5.02 Å². The molecule has 4 nitrogen and oxygen atoms in total. The van der Waals surface area contributed by atoms with Crippen molar-refractivity contribution >= 4 is 23.6 Å². The Morgan fingerprint density at radius 1 is 1.20 bits per heavy atom. The molecule has 1 aliphatic rings. The van der Waals surface area contributed by atoms with E-state index in [9.17, 15) is 9.18 Å². The van der Waals surface area contributed by atoms with E-state index in [4.69, 9.17) is 11.6 Å². The predicted molar refractivity (Wildman–Crippen MR) is 94.4 cm³/mol. The van der Waals surface area contributed by atoms with Gasteiger partial charge in [-0.3, -0.25) is 14.4 Å². The number of rotatable bonds is 2. The fraction of sp³-hybridized carbons (Fsp3) is 0.105. The number of aromatic nitrogens is 2. The van der Waals surface area contributed by atoms with Crippen molar-refractivity contribution in [2.75, 3.05) is 0 Å². The molecule has 1 aromatic heterocycles. The summed E-state index contributed by atoms with van der Waals surface area (Å²) in [7, 11) is 0. The van der Waals surface area contributed by atoms with Gasteiger partial charge in [0.25, 0.3) is 0 Å². The Morgan fingerprint density at radius 2 is 2.00 bits per heavy atom.